The Morgan fingerprint density at radius 2 is 1.16 bits per heavy atom. The lowest BCUT2D eigenvalue weighted by Gasteiger charge is -2.57. The SMILES string of the molecule is N#Cc1cc(-c2cccc(C34CC5CC(CC(C5)C3)C4)c2)cc(-c2nc(-c3ccccc3)nc(-c3ccc4oc5ccccc5c4c3)n2)c1. The van der Waals surface area contributed by atoms with E-state index in [1.807, 2.05) is 72.8 Å². The molecule has 5 aromatic carbocycles. The standard InChI is InChI=1S/C44H34N4O/c45-26-30-18-34(32-9-6-10-36(21-32)44-23-27-15-28(24-44)17-29(16-27)25-44)20-35(19-30)43-47-41(31-7-2-1-3-8-31)46-42(48-43)33-13-14-40-38(22-33)37-11-4-5-12-39(37)49-40/h1-14,18-22,27-29H,15-17,23-25H2. The van der Waals surface area contributed by atoms with Gasteiger partial charge in [0.25, 0.3) is 0 Å². The maximum atomic E-state index is 10.2. The Labute approximate surface area is 285 Å². The second-order valence-electron chi connectivity index (χ2n) is 14.7. The zero-order valence-corrected chi connectivity index (χ0v) is 27.1. The van der Waals surface area contributed by atoms with Crippen LogP contribution < -0.4 is 0 Å². The lowest BCUT2D eigenvalue weighted by Crippen LogP contribution is -2.48. The van der Waals surface area contributed by atoms with E-state index in [9.17, 15) is 5.26 Å². The van der Waals surface area contributed by atoms with Crippen molar-refractivity contribution in [3.63, 3.8) is 0 Å². The normalized spacial score (nSPS) is 22.5. The molecule has 4 aliphatic rings. The molecule has 0 N–H and O–H groups in total. The minimum atomic E-state index is 0.301. The summed E-state index contributed by atoms with van der Waals surface area (Å²) in [7, 11) is 0. The van der Waals surface area contributed by atoms with E-state index in [-0.39, 0.29) is 0 Å². The van der Waals surface area contributed by atoms with Gasteiger partial charge in [0.2, 0.25) is 0 Å². The highest BCUT2D eigenvalue weighted by molar-refractivity contribution is 6.06. The first-order valence-electron chi connectivity index (χ1n) is 17.5. The summed E-state index contributed by atoms with van der Waals surface area (Å²) in [5, 5.41) is 12.3. The second-order valence-corrected chi connectivity index (χ2v) is 14.7. The number of furan rings is 1. The summed E-state index contributed by atoms with van der Waals surface area (Å²) >= 11 is 0. The molecule has 0 spiro atoms. The molecule has 236 valence electrons. The van der Waals surface area contributed by atoms with Gasteiger partial charge in [-0.25, -0.2) is 15.0 Å². The van der Waals surface area contributed by atoms with Crippen molar-refractivity contribution in [2.75, 3.05) is 0 Å². The van der Waals surface area contributed by atoms with E-state index in [4.69, 9.17) is 19.4 Å². The molecular formula is C44H34N4O. The summed E-state index contributed by atoms with van der Waals surface area (Å²) in [5.41, 5.74) is 8.76. The van der Waals surface area contributed by atoms with Crippen molar-refractivity contribution >= 4 is 21.9 Å². The van der Waals surface area contributed by atoms with Crippen LogP contribution in [0.5, 0.6) is 0 Å². The van der Waals surface area contributed by atoms with Crippen LogP contribution >= 0.6 is 0 Å². The number of para-hydroxylation sites is 1. The number of fused-ring (bicyclic) bond motifs is 3. The fourth-order valence-electron chi connectivity index (χ4n) is 9.70. The molecule has 7 aromatic rings. The van der Waals surface area contributed by atoms with E-state index in [2.05, 4.69) is 48.5 Å². The predicted octanol–water partition coefficient (Wildman–Crippen LogP) is 10.8. The average molecular weight is 635 g/mol. The fourth-order valence-corrected chi connectivity index (χ4v) is 9.70. The number of hydrogen-bond acceptors (Lipinski definition) is 5. The van der Waals surface area contributed by atoms with Gasteiger partial charge in [0.05, 0.1) is 11.6 Å². The van der Waals surface area contributed by atoms with Gasteiger partial charge in [0.15, 0.2) is 17.5 Å². The number of hydrogen-bond donors (Lipinski definition) is 0. The summed E-state index contributed by atoms with van der Waals surface area (Å²) < 4.78 is 6.10. The highest BCUT2D eigenvalue weighted by Gasteiger charge is 2.51. The van der Waals surface area contributed by atoms with Crippen LogP contribution in [0.4, 0.5) is 0 Å². The van der Waals surface area contributed by atoms with Gasteiger partial charge in [0.1, 0.15) is 11.2 Å². The van der Waals surface area contributed by atoms with Crippen molar-refractivity contribution in [3.8, 4) is 51.4 Å². The maximum Gasteiger partial charge on any atom is 0.164 e. The molecule has 49 heavy (non-hydrogen) atoms. The largest absolute Gasteiger partial charge is 0.456 e. The second kappa shape index (κ2) is 11.0. The number of nitriles is 1. The molecule has 5 nitrogen and oxygen atoms in total. The Bertz CT molecular complexity index is 2420. The molecular weight excluding hydrogens is 601 g/mol. The maximum absolute atomic E-state index is 10.2. The van der Waals surface area contributed by atoms with Crippen LogP contribution in [0.1, 0.15) is 49.7 Å². The Kier molecular flexibility index (Phi) is 6.36. The van der Waals surface area contributed by atoms with Gasteiger partial charge < -0.3 is 4.42 Å². The van der Waals surface area contributed by atoms with E-state index in [1.165, 1.54) is 44.1 Å². The van der Waals surface area contributed by atoms with E-state index < -0.39 is 0 Å². The van der Waals surface area contributed by atoms with Crippen LogP contribution in [0.3, 0.4) is 0 Å². The molecule has 4 aliphatic carbocycles. The highest BCUT2D eigenvalue weighted by Crippen LogP contribution is 2.61. The third kappa shape index (κ3) is 4.85. The first kappa shape index (κ1) is 28.4. The molecule has 0 amide bonds. The van der Waals surface area contributed by atoms with Gasteiger partial charge in [0, 0.05) is 27.5 Å². The van der Waals surface area contributed by atoms with Crippen molar-refractivity contribution in [1.29, 1.82) is 5.26 Å². The van der Waals surface area contributed by atoms with Crippen molar-refractivity contribution in [3.05, 3.63) is 126 Å². The summed E-state index contributed by atoms with van der Waals surface area (Å²) in [4.78, 5) is 15.0. The van der Waals surface area contributed by atoms with Crippen molar-refractivity contribution in [2.24, 2.45) is 17.8 Å². The van der Waals surface area contributed by atoms with E-state index in [0.717, 1.165) is 67.5 Å². The molecule has 0 radical (unpaired) electrons. The minimum absolute atomic E-state index is 0.301. The van der Waals surface area contributed by atoms with Crippen LogP contribution in [-0.4, -0.2) is 15.0 Å². The first-order chi connectivity index (χ1) is 24.1. The average Bonchev–Trinajstić information content (AvgIpc) is 3.52. The van der Waals surface area contributed by atoms with E-state index in [1.54, 1.807) is 0 Å². The van der Waals surface area contributed by atoms with Gasteiger partial charge in [-0.3, -0.25) is 0 Å². The Morgan fingerprint density at radius 1 is 0.531 bits per heavy atom. The van der Waals surface area contributed by atoms with Crippen molar-refractivity contribution in [2.45, 2.75) is 43.9 Å². The van der Waals surface area contributed by atoms with Crippen molar-refractivity contribution in [1.82, 2.24) is 15.0 Å². The zero-order chi connectivity index (χ0) is 32.5. The molecule has 2 aromatic heterocycles. The molecule has 11 rings (SSSR count). The third-order valence-electron chi connectivity index (χ3n) is 11.5. The minimum Gasteiger partial charge on any atom is -0.456 e. The summed E-state index contributed by atoms with van der Waals surface area (Å²) in [6.07, 6.45) is 8.25. The predicted molar refractivity (Wildman–Crippen MR) is 193 cm³/mol. The summed E-state index contributed by atoms with van der Waals surface area (Å²) in [6, 6.07) is 41.8. The molecule has 0 atom stereocenters. The zero-order valence-electron chi connectivity index (χ0n) is 27.1. The number of aromatic nitrogens is 3. The summed E-state index contributed by atoms with van der Waals surface area (Å²) in [6.45, 7) is 0. The van der Waals surface area contributed by atoms with Crippen LogP contribution in [0, 0.1) is 29.1 Å². The summed E-state index contributed by atoms with van der Waals surface area (Å²) in [5.74, 6) is 4.35. The van der Waals surface area contributed by atoms with Crippen molar-refractivity contribution < 1.29 is 4.42 Å². The molecule has 4 saturated carbocycles. The third-order valence-corrected chi connectivity index (χ3v) is 11.5. The number of rotatable bonds is 5. The van der Waals surface area contributed by atoms with Gasteiger partial charge in [-0.15, -0.1) is 0 Å². The van der Waals surface area contributed by atoms with Gasteiger partial charge >= 0.3 is 0 Å². The monoisotopic (exact) mass is 634 g/mol. The molecule has 5 heteroatoms. The Hall–Kier alpha value is -5.60. The first-order valence-corrected chi connectivity index (χ1v) is 17.5. The number of nitrogens with zero attached hydrogens (tertiary/aromatic N) is 4. The number of benzene rings is 5. The van der Waals surface area contributed by atoms with E-state index in [0.29, 0.717) is 28.5 Å². The van der Waals surface area contributed by atoms with Crippen LogP contribution in [0.25, 0.3) is 67.2 Å². The molecule has 0 unspecified atom stereocenters. The molecule has 0 aliphatic heterocycles. The van der Waals surface area contributed by atoms with Crippen LogP contribution in [-0.2, 0) is 5.41 Å². The molecule has 0 saturated heterocycles. The lowest BCUT2D eigenvalue weighted by molar-refractivity contribution is -0.00516. The smallest absolute Gasteiger partial charge is 0.164 e. The van der Waals surface area contributed by atoms with Crippen LogP contribution in [0.15, 0.2) is 120 Å². The van der Waals surface area contributed by atoms with Gasteiger partial charge in [-0.1, -0.05) is 72.8 Å². The Balaban J connectivity index is 1.10. The van der Waals surface area contributed by atoms with Gasteiger partial charge in [-0.05, 0) is 121 Å². The molecule has 4 fully saturated rings. The lowest BCUT2D eigenvalue weighted by atomic mass is 9.48. The highest BCUT2D eigenvalue weighted by atomic mass is 16.3. The molecule has 4 bridgehead atoms. The fraction of sp³-hybridized carbons (Fsp3) is 0.227. The Morgan fingerprint density at radius 3 is 1.92 bits per heavy atom. The quantitative estimate of drug-likeness (QED) is 0.188. The van der Waals surface area contributed by atoms with E-state index >= 15 is 0 Å². The topological polar surface area (TPSA) is 75.6 Å². The van der Waals surface area contributed by atoms with Gasteiger partial charge in [-0.2, -0.15) is 5.26 Å². The molecule has 2 heterocycles. The van der Waals surface area contributed by atoms with Crippen LogP contribution in [0.2, 0.25) is 0 Å².